The van der Waals surface area contributed by atoms with Crippen molar-refractivity contribution in [2.45, 2.75) is 177 Å². The quantitative estimate of drug-likeness (QED) is 0.170. The monoisotopic (exact) mass is 756 g/mol. The molecule has 1 spiro atoms. The van der Waals surface area contributed by atoms with Crippen LogP contribution in [0.3, 0.4) is 0 Å². The first kappa shape index (κ1) is 39.3. The Balaban J connectivity index is 0.962. The van der Waals surface area contributed by atoms with Gasteiger partial charge in [-0.15, -0.1) is 0 Å². The lowest BCUT2D eigenvalue weighted by molar-refractivity contribution is -0.376. The van der Waals surface area contributed by atoms with Crippen molar-refractivity contribution in [3.8, 4) is 0 Å². The first-order valence-corrected chi connectivity index (χ1v) is 20.4. The largest absolute Gasteiger partial charge is 0.394 e. The Bertz CT molecular complexity index is 1300. The third kappa shape index (κ3) is 6.20. The molecule has 14 nitrogen and oxygen atoms in total. The minimum absolute atomic E-state index is 0.106. The van der Waals surface area contributed by atoms with Gasteiger partial charge >= 0.3 is 0 Å². The van der Waals surface area contributed by atoms with Crippen molar-refractivity contribution < 1.29 is 69.3 Å². The highest BCUT2D eigenvalue weighted by Gasteiger charge is 2.69. The molecule has 4 saturated carbocycles. The second-order valence-corrected chi connectivity index (χ2v) is 18.8. The Hall–Kier alpha value is -0.560. The maximum Gasteiger partial charge on any atom is 0.187 e. The fourth-order valence-corrected chi connectivity index (χ4v) is 13.3. The van der Waals surface area contributed by atoms with E-state index in [1.807, 2.05) is 0 Å². The summed E-state index contributed by atoms with van der Waals surface area (Å²) in [5, 5.41) is 84.5. The van der Waals surface area contributed by atoms with Gasteiger partial charge in [0.25, 0.3) is 0 Å². The second-order valence-electron chi connectivity index (χ2n) is 18.8. The molecule has 0 radical (unpaired) electrons. The summed E-state index contributed by atoms with van der Waals surface area (Å²) in [6.45, 7) is 8.86. The predicted octanol–water partition coefficient (Wildman–Crippen LogP) is 0.208. The van der Waals surface area contributed by atoms with Gasteiger partial charge in [-0.05, 0) is 111 Å². The van der Waals surface area contributed by atoms with E-state index in [9.17, 15) is 40.9 Å². The molecule has 4 aliphatic carbocycles. The number of rotatable bonds is 6. The third-order valence-electron chi connectivity index (χ3n) is 16.4. The maximum atomic E-state index is 11.8. The van der Waals surface area contributed by atoms with Crippen molar-refractivity contribution in [3.05, 3.63) is 0 Å². The van der Waals surface area contributed by atoms with Crippen LogP contribution in [0.25, 0.3) is 0 Å². The van der Waals surface area contributed by atoms with Crippen molar-refractivity contribution in [2.24, 2.45) is 46.3 Å². The van der Waals surface area contributed by atoms with Gasteiger partial charge in [0.05, 0.1) is 49.8 Å². The Morgan fingerprint density at radius 3 is 2.08 bits per heavy atom. The maximum absolute atomic E-state index is 11.8. The minimum Gasteiger partial charge on any atom is -0.394 e. The van der Waals surface area contributed by atoms with Gasteiger partial charge < -0.3 is 69.3 Å². The number of hydrogen-bond acceptors (Lipinski definition) is 14. The van der Waals surface area contributed by atoms with Crippen LogP contribution in [0.5, 0.6) is 0 Å². The molecule has 0 unspecified atom stereocenters. The van der Waals surface area contributed by atoms with Crippen molar-refractivity contribution in [2.75, 3.05) is 19.8 Å². The summed E-state index contributed by atoms with van der Waals surface area (Å²) in [5.41, 5.74) is -0.0564. The summed E-state index contributed by atoms with van der Waals surface area (Å²) >= 11 is 0. The van der Waals surface area contributed by atoms with Crippen molar-refractivity contribution in [1.82, 2.24) is 0 Å². The topological polar surface area (TPSA) is 217 Å². The molecule has 14 heteroatoms. The molecule has 23 atom stereocenters. The Morgan fingerprint density at radius 2 is 1.40 bits per heavy atom. The minimum atomic E-state index is -1.76. The van der Waals surface area contributed by atoms with Gasteiger partial charge in [-0.3, -0.25) is 0 Å². The van der Waals surface area contributed by atoms with E-state index in [1.54, 1.807) is 0 Å². The lowest BCUT2D eigenvalue weighted by Gasteiger charge is -2.62. The van der Waals surface area contributed by atoms with Crippen LogP contribution in [-0.4, -0.2) is 152 Å². The second kappa shape index (κ2) is 14.4. The van der Waals surface area contributed by atoms with Gasteiger partial charge in [-0.1, -0.05) is 20.8 Å². The van der Waals surface area contributed by atoms with E-state index in [1.165, 1.54) is 0 Å². The van der Waals surface area contributed by atoms with Crippen molar-refractivity contribution in [1.29, 1.82) is 0 Å². The van der Waals surface area contributed by atoms with Gasteiger partial charge in [-0.25, -0.2) is 0 Å². The molecular formula is C39H64O14. The average Bonchev–Trinajstić information content (AvgIpc) is 3.58. The summed E-state index contributed by atoms with van der Waals surface area (Å²) in [4.78, 5) is 0. The van der Waals surface area contributed by atoms with Gasteiger partial charge in [0.15, 0.2) is 12.6 Å². The van der Waals surface area contributed by atoms with E-state index in [4.69, 9.17) is 28.4 Å². The molecule has 8 fully saturated rings. The Labute approximate surface area is 312 Å². The summed E-state index contributed by atoms with van der Waals surface area (Å²) in [6.07, 6.45) is -7.69. The van der Waals surface area contributed by atoms with E-state index >= 15 is 0 Å². The first-order chi connectivity index (χ1) is 25.2. The van der Waals surface area contributed by atoms with Gasteiger partial charge in [0, 0.05) is 0 Å². The summed E-state index contributed by atoms with van der Waals surface area (Å²) in [5.74, 6) is 2.83. The molecular weight excluding hydrogens is 692 g/mol. The molecule has 8 aliphatic rings. The molecule has 53 heavy (non-hydrogen) atoms. The first-order valence-electron chi connectivity index (χ1n) is 20.4. The standard InChI is InChI=1S/C39H64O14/c1-17-7-10-39(16-48-17)18(2)28-25(53-39)12-22-20-6-5-19-11-24(23(42)13-38(19,4)21(20)8-9-37(22,28)3)49-36-34(32(46)30(44)27(15-41)51-36)52-35-33(47)31(45)29(43)26(14-40)50-35/h17-36,40-47H,5-16H2,1-4H3/t17-,18-,19+,20+,21-,22+,23-,24-,25+,26+,27+,28+,29+,30+,31-,32-,33+,34+,35-,36+,37-,38-,39-/m1/s1. The van der Waals surface area contributed by atoms with E-state index in [2.05, 4.69) is 27.7 Å². The van der Waals surface area contributed by atoms with E-state index < -0.39 is 86.8 Å². The molecule has 4 heterocycles. The number of fused-ring (bicyclic) bond motifs is 7. The summed E-state index contributed by atoms with van der Waals surface area (Å²) < 4.78 is 37.0. The fourth-order valence-electron chi connectivity index (χ4n) is 13.3. The molecule has 0 aromatic rings. The molecule has 0 bridgehead atoms. The number of ether oxygens (including phenoxy) is 6. The van der Waals surface area contributed by atoms with Crippen LogP contribution in [0.4, 0.5) is 0 Å². The highest BCUT2D eigenvalue weighted by Crippen LogP contribution is 2.71. The SMILES string of the molecule is C[C@@H]1CC[C@]2(CO1)O[C@H]1C[C@H]3[C@H]4CC[C@H]5C[C@@H](O[C@H]6O[C@@H](CO)[C@H](O)[C@@H](O)[C@@H]6O[C@H]6O[C@@H](CO)[C@H](O)[C@@H](O)[C@@H]6O)[C@H](O)C[C@@]5(C)[C@@H]4CC[C@@]3(C)[C@H]1[C@H]2C. The zero-order chi connectivity index (χ0) is 37.8. The van der Waals surface area contributed by atoms with Gasteiger partial charge in [-0.2, -0.15) is 0 Å². The van der Waals surface area contributed by atoms with Crippen LogP contribution < -0.4 is 0 Å². The van der Waals surface area contributed by atoms with Crippen LogP contribution in [0.2, 0.25) is 0 Å². The van der Waals surface area contributed by atoms with Crippen LogP contribution in [0.15, 0.2) is 0 Å². The van der Waals surface area contributed by atoms with Crippen molar-refractivity contribution >= 4 is 0 Å². The molecule has 0 aromatic heterocycles. The lowest BCUT2D eigenvalue weighted by atomic mass is 9.44. The fraction of sp³-hybridized carbons (Fsp3) is 1.00. The van der Waals surface area contributed by atoms with Gasteiger partial charge in [0.2, 0.25) is 0 Å². The number of aliphatic hydroxyl groups is 8. The average molecular weight is 757 g/mol. The number of hydrogen-bond donors (Lipinski definition) is 8. The zero-order valence-corrected chi connectivity index (χ0v) is 31.6. The number of aliphatic hydroxyl groups excluding tert-OH is 8. The van der Waals surface area contributed by atoms with E-state index in [0.717, 1.165) is 44.9 Å². The smallest absolute Gasteiger partial charge is 0.187 e. The third-order valence-corrected chi connectivity index (χ3v) is 16.4. The van der Waals surface area contributed by atoms with Gasteiger partial charge in [0.1, 0.15) is 48.8 Å². The molecule has 4 aliphatic heterocycles. The van der Waals surface area contributed by atoms with E-state index in [0.29, 0.717) is 55.1 Å². The Morgan fingerprint density at radius 1 is 0.698 bits per heavy atom. The zero-order valence-electron chi connectivity index (χ0n) is 31.6. The normalized spacial score (nSPS) is 59.5. The molecule has 4 saturated heterocycles. The lowest BCUT2D eigenvalue weighted by Crippen LogP contribution is -2.65. The van der Waals surface area contributed by atoms with Crippen LogP contribution >= 0.6 is 0 Å². The highest BCUT2D eigenvalue weighted by atomic mass is 16.8. The Kier molecular flexibility index (Phi) is 10.6. The molecule has 8 rings (SSSR count). The van der Waals surface area contributed by atoms with Crippen molar-refractivity contribution in [3.63, 3.8) is 0 Å². The van der Waals surface area contributed by atoms with Crippen LogP contribution in [0.1, 0.15) is 85.5 Å². The molecule has 304 valence electrons. The molecule has 0 aromatic carbocycles. The summed E-state index contributed by atoms with van der Waals surface area (Å²) in [7, 11) is 0. The molecule has 8 N–H and O–H groups in total. The van der Waals surface area contributed by atoms with Crippen LogP contribution in [-0.2, 0) is 28.4 Å². The summed E-state index contributed by atoms with van der Waals surface area (Å²) in [6, 6.07) is 0. The highest BCUT2D eigenvalue weighted by molar-refractivity contribution is 5.17. The predicted molar refractivity (Wildman–Crippen MR) is 185 cm³/mol. The van der Waals surface area contributed by atoms with Crippen LogP contribution in [0, 0.1) is 46.3 Å². The molecule has 0 amide bonds. The van der Waals surface area contributed by atoms with E-state index in [-0.39, 0.29) is 28.5 Å².